The summed E-state index contributed by atoms with van der Waals surface area (Å²) in [6.07, 6.45) is 0. The van der Waals surface area contributed by atoms with E-state index in [1.807, 2.05) is 0 Å². The number of para-hydroxylation sites is 9. The van der Waals surface area contributed by atoms with Crippen LogP contribution in [0.5, 0.6) is 0 Å². The SMILES string of the molecule is CC1(C)c2ccccc2N(c2ccccc2-c2nc(-c3ccccc3N3c4ccccc4C(C)(C)c4ccccc43)nc(-c3ccccc3N3c4ccccc4C(C)(C)c4ccccc43)n2)c2ccccc21. The lowest BCUT2D eigenvalue weighted by atomic mass is 9.73. The van der Waals surface area contributed by atoms with Crippen LogP contribution in [-0.4, -0.2) is 15.0 Å². The summed E-state index contributed by atoms with van der Waals surface area (Å²) in [6, 6.07) is 78.6. The summed E-state index contributed by atoms with van der Waals surface area (Å²) in [5, 5.41) is 0. The van der Waals surface area contributed by atoms with Gasteiger partial charge >= 0.3 is 0 Å². The van der Waals surface area contributed by atoms with E-state index in [4.69, 9.17) is 15.0 Å². The summed E-state index contributed by atoms with van der Waals surface area (Å²) in [5.41, 5.74) is 19.3. The van der Waals surface area contributed by atoms with Crippen molar-refractivity contribution in [2.75, 3.05) is 14.7 Å². The Morgan fingerprint density at radius 3 is 0.597 bits per heavy atom. The highest BCUT2D eigenvalue weighted by atomic mass is 15.2. The van der Waals surface area contributed by atoms with Gasteiger partial charge in [-0.2, -0.15) is 0 Å². The molecule has 0 fully saturated rings. The van der Waals surface area contributed by atoms with E-state index in [0.29, 0.717) is 17.5 Å². The zero-order chi connectivity index (χ0) is 48.9. The summed E-state index contributed by atoms with van der Waals surface area (Å²) in [4.78, 5) is 24.1. The maximum absolute atomic E-state index is 5.64. The summed E-state index contributed by atoms with van der Waals surface area (Å²) < 4.78 is 0. The van der Waals surface area contributed by atoms with Gasteiger partial charge in [-0.3, -0.25) is 0 Å². The minimum Gasteiger partial charge on any atom is -0.309 e. The number of fused-ring (bicyclic) bond motifs is 6. The van der Waals surface area contributed by atoms with Crippen molar-refractivity contribution in [3.05, 3.63) is 252 Å². The maximum Gasteiger partial charge on any atom is 0.166 e. The van der Waals surface area contributed by atoms with E-state index in [0.717, 1.165) is 67.9 Å². The smallest absolute Gasteiger partial charge is 0.166 e. The minimum atomic E-state index is -0.221. The molecule has 10 aromatic rings. The fourth-order valence-corrected chi connectivity index (χ4v) is 12.1. The number of aromatic nitrogens is 3. The molecule has 3 aliphatic rings. The van der Waals surface area contributed by atoms with Crippen LogP contribution < -0.4 is 14.7 Å². The van der Waals surface area contributed by atoms with Crippen molar-refractivity contribution in [1.29, 1.82) is 0 Å². The quantitative estimate of drug-likeness (QED) is 0.166. The highest BCUT2D eigenvalue weighted by Gasteiger charge is 2.41. The second-order valence-corrected chi connectivity index (χ2v) is 20.8. The van der Waals surface area contributed by atoms with Gasteiger partial charge in [-0.1, -0.05) is 187 Å². The molecule has 0 unspecified atom stereocenters. The monoisotopic (exact) mass is 930 g/mol. The van der Waals surface area contributed by atoms with Gasteiger partial charge in [0.15, 0.2) is 17.5 Å². The van der Waals surface area contributed by atoms with Gasteiger partial charge in [0, 0.05) is 32.9 Å². The molecule has 72 heavy (non-hydrogen) atoms. The van der Waals surface area contributed by atoms with E-state index in [1.54, 1.807) is 0 Å². The minimum absolute atomic E-state index is 0.221. The van der Waals surface area contributed by atoms with Crippen molar-refractivity contribution < 1.29 is 0 Å². The number of nitrogens with zero attached hydrogens (tertiary/aromatic N) is 6. The standard InChI is InChI=1S/C66H54N6/c1-64(2)46-28-10-19-37-55(46)70(56-38-20-11-29-47(56)64)52-34-16-7-25-43(52)61-67-62(44-26-8-17-35-53(44)71-57-39-21-12-30-48(57)65(3,4)49-31-13-22-40-58(49)71)69-63(68-61)45-27-9-18-36-54(45)72-59-41-23-14-32-50(59)66(5,6)51-33-15-24-42-60(51)72/h7-42H,1-6H3. The summed E-state index contributed by atoms with van der Waals surface area (Å²) in [5.74, 6) is 1.74. The van der Waals surface area contributed by atoms with Gasteiger partial charge < -0.3 is 14.7 Å². The molecule has 0 atom stereocenters. The fourth-order valence-electron chi connectivity index (χ4n) is 12.1. The molecule has 0 saturated heterocycles. The first-order valence-electron chi connectivity index (χ1n) is 25.1. The zero-order valence-corrected chi connectivity index (χ0v) is 41.5. The molecule has 6 nitrogen and oxygen atoms in total. The van der Waals surface area contributed by atoms with Crippen molar-refractivity contribution in [2.24, 2.45) is 0 Å². The first kappa shape index (κ1) is 43.4. The predicted octanol–water partition coefficient (Wildman–Crippen LogP) is 17.2. The number of anilines is 9. The molecule has 0 aliphatic carbocycles. The Morgan fingerprint density at radius 1 is 0.222 bits per heavy atom. The molecule has 0 amide bonds. The lowest BCUT2D eigenvalue weighted by Gasteiger charge is -2.42. The molecule has 0 N–H and O–H groups in total. The number of hydrogen-bond donors (Lipinski definition) is 0. The summed E-state index contributed by atoms with van der Waals surface area (Å²) in [6.45, 7) is 14.0. The molecule has 6 heteroatoms. The Labute approximate surface area is 422 Å². The Morgan fingerprint density at radius 2 is 0.389 bits per heavy atom. The third kappa shape index (κ3) is 6.44. The van der Waals surface area contributed by atoms with Crippen LogP contribution in [-0.2, 0) is 16.2 Å². The molecule has 9 aromatic carbocycles. The van der Waals surface area contributed by atoms with E-state index in [-0.39, 0.29) is 16.2 Å². The lowest BCUT2D eigenvalue weighted by Crippen LogP contribution is -2.31. The Kier molecular flexibility index (Phi) is 9.78. The summed E-state index contributed by atoms with van der Waals surface area (Å²) in [7, 11) is 0. The third-order valence-corrected chi connectivity index (χ3v) is 15.7. The Hall–Kier alpha value is -8.61. The van der Waals surface area contributed by atoms with E-state index in [9.17, 15) is 0 Å². The van der Waals surface area contributed by atoms with Gasteiger partial charge in [0.25, 0.3) is 0 Å². The van der Waals surface area contributed by atoms with Crippen LogP contribution >= 0.6 is 0 Å². The second kappa shape index (κ2) is 16.2. The van der Waals surface area contributed by atoms with E-state index < -0.39 is 0 Å². The van der Waals surface area contributed by atoms with Crippen LogP contribution in [0.15, 0.2) is 218 Å². The largest absolute Gasteiger partial charge is 0.309 e. The highest BCUT2D eigenvalue weighted by molar-refractivity contribution is 5.96. The topological polar surface area (TPSA) is 48.4 Å². The third-order valence-electron chi connectivity index (χ3n) is 15.7. The number of rotatable bonds is 6. The molecule has 0 spiro atoms. The van der Waals surface area contributed by atoms with E-state index >= 15 is 0 Å². The van der Waals surface area contributed by atoms with Crippen molar-refractivity contribution in [3.63, 3.8) is 0 Å². The van der Waals surface area contributed by atoms with Crippen LogP contribution in [0, 0.1) is 0 Å². The van der Waals surface area contributed by atoms with Crippen LogP contribution in [0.4, 0.5) is 51.2 Å². The normalized spacial score (nSPS) is 15.3. The molecular formula is C66H54N6. The van der Waals surface area contributed by atoms with Crippen molar-refractivity contribution in [3.8, 4) is 34.2 Å². The average molecular weight is 931 g/mol. The molecule has 0 saturated carbocycles. The molecule has 0 bridgehead atoms. The Balaban J connectivity index is 1.08. The molecule has 348 valence electrons. The average Bonchev–Trinajstić information content (AvgIpc) is 3.41. The van der Waals surface area contributed by atoms with Gasteiger partial charge in [0.05, 0.1) is 51.2 Å². The van der Waals surface area contributed by atoms with Gasteiger partial charge in [0.2, 0.25) is 0 Å². The highest BCUT2D eigenvalue weighted by Crippen LogP contribution is 2.57. The second-order valence-electron chi connectivity index (χ2n) is 20.8. The first-order chi connectivity index (χ1) is 35.0. The van der Waals surface area contributed by atoms with Gasteiger partial charge in [-0.15, -0.1) is 0 Å². The van der Waals surface area contributed by atoms with Crippen molar-refractivity contribution >= 4 is 51.2 Å². The van der Waals surface area contributed by atoms with Gasteiger partial charge in [0.1, 0.15) is 0 Å². The summed E-state index contributed by atoms with van der Waals surface area (Å²) >= 11 is 0. The van der Waals surface area contributed by atoms with Crippen LogP contribution in [0.25, 0.3) is 34.2 Å². The number of hydrogen-bond acceptors (Lipinski definition) is 6. The van der Waals surface area contributed by atoms with Crippen molar-refractivity contribution in [1.82, 2.24) is 15.0 Å². The zero-order valence-electron chi connectivity index (χ0n) is 41.5. The van der Waals surface area contributed by atoms with Crippen LogP contribution in [0.3, 0.4) is 0 Å². The molecule has 4 heterocycles. The molecule has 3 aliphatic heterocycles. The first-order valence-corrected chi connectivity index (χ1v) is 25.1. The predicted molar refractivity (Wildman–Crippen MR) is 297 cm³/mol. The molecule has 1 aromatic heterocycles. The fraction of sp³-hybridized carbons (Fsp3) is 0.136. The molecule has 0 radical (unpaired) electrons. The van der Waals surface area contributed by atoms with Crippen molar-refractivity contribution in [2.45, 2.75) is 57.8 Å². The van der Waals surface area contributed by atoms with Crippen LogP contribution in [0.2, 0.25) is 0 Å². The van der Waals surface area contributed by atoms with E-state index in [1.165, 1.54) is 33.4 Å². The Bertz CT molecular complexity index is 3240. The number of benzene rings is 9. The van der Waals surface area contributed by atoms with Crippen LogP contribution in [0.1, 0.15) is 74.9 Å². The molecule has 13 rings (SSSR count). The van der Waals surface area contributed by atoms with Gasteiger partial charge in [-0.25, -0.2) is 15.0 Å². The van der Waals surface area contributed by atoms with Gasteiger partial charge in [-0.05, 0) is 106 Å². The molecular weight excluding hydrogens is 877 g/mol. The van der Waals surface area contributed by atoms with E-state index in [2.05, 4.69) is 275 Å². The lowest BCUT2D eigenvalue weighted by molar-refractivity contribution is 0.632. The maximum atomic E-state index is 5.64.